The van der Waals surface area contributed by atoms with E-state index in [2.05, 4.69) is 0 Å². The van der Waals surface area contributed by atoms with E-state index < -0.39 is 0 Å². The molecule has 0 N–H and O–H groups in total. The zero-order valence-electron chi connectivity index (χ0n) is 15.1. The Balaban J connectivity index is 1.45. The second kappa shape index (κ2) is 7.16. The topological polar surface area (TPSA) is 57.9 Å². The van der Waals surface area contributed by atoms with E-state index in [1.54, 1.807) is 18.4 Å². The summed E-state index contributed by atoms with van der Waals surface area (Å²) in [4.78, 5) is 12.3. The van der Waals surface area contributed by atoms with Gasteiger partial charge >= 0.3 is 5.97 Å². The third kappa shape index (κ3) is 3.60. The molecule has 4 rings (SSSR count). The number of hydrogen-bond donors (Lipinski definition) is 0. The molecule has 27 heavy (non-hydrogen) atoms. The van der Waals surface area contributed by atoms with Crippen LogP contribution in [0.15, 0.2) is 34.9 Å². The lowest BCUT2D eigenvalue weighted by Gasteiger charge is -2.20. The minimum absolute atomic E-state index is 0.114. The SMILES string of the molecule is Cc1cc2occ(CC(=O)OCc3cc(Cl)c4c(c3)OCCO4)c2cc1C. The summed E-state index contributed by atoms with van der Waals surface area (Å²) in [5, 5.41) is 1.39. The molecule has 2 aromatic carbocycles. The van der Waals surface area contributed by atoms with Crippen LogP contribution in [0.25, 0.3) is 11.0 Å². The molecule has 0 spiro atoms. The normalized spacial score (nSPS) is 13.0. The van der Waals surface area contributed by atoms with Crippen molar-refractivity contribution in [1.29, 1.82) is 0 Å². The lowest BCUT2D eigenvalue weighted by Crippen LogP contribution is -2.16. The van der Waals surface area contributed by atoms with E-state index in [1.807, 2.05) is 26.0 Å². The average Bonchev–Trinajstić information content (AvgIpc) is 3.02. The zero-order valence-corrected chi connectivity index (χ0v) is 15.9. The van der Waals surface area contributed by atoms with Crippen LogP contribution in [0.2, 0.25) is 5.02 Å². The highest BCUT2D eigenvalue weighted by atomic mass is 35.5. The van der Waals surface area contributed by atoms with Gasteiger partial charge in [-0.1, -0.05) is 11.6 Å². The predicted octanol–water partition coefficient (Wildman–Crippen LogP) is 4.76. The van der Waals surface area contributed by atoms with E-state index in [-0.39, 0.29) is 19.0 Å². The van der Waals surface area contributed by atoms with Crippen molar-refractivity contribution in [2.75, 3.05) is 13.2 Å². The molecule has 0 aliphatic carbocycles. The van der Waals surface area contributed by atoms with Crippen LogP contribution in [-0.4, -0.2) is 19.2 Å². The van der Waals surface area contributed by atoms with Gasteiger partial charge in [-0.3, -0.25) is 4.79 Å². The fraction of sp³-hybridized carbons (Fsp3) is 0.286. The molecule has 0 amide bonds. The number of furan rings is 1. The number of benzene rings is 2. The lowest BCUT2D eigenvalue weighted by molar-refractivity contribution is -0.144. The monoisotopic (exact) mass is 386 g/mol. The van der Waals surface area contributed by atoms with Crippen molar-refractivity contribution in [3.63, 3.8) is 0 Å². The van der Waals surface area contributed by atoms with Gasteiger partial charge in [-0.15, -0.1) is 0 Å². The van der Waals surface area contributed by atoms with Crippen LogP contribution in [0.5, 0.6) is 11.5 Å². The summed E-state index contributed by atoms with van der Waals surface area (Å²) < 4.78 is 22.0. The van der Waals surface area contributed by atoms with E-state index in [0.717, 1.165) is 33.2 Å². The first-order valence-electron chi connectivity index (χ1n) is 8.72. The predicted molar refractivity (Wildman–Crippen MR) is 102 cm³/mol. The van der Waals surface area contributed by atoms with Gasteiger partial charge in [-0.25, -0.2) is 0 Å². The van der Waals surface area contributed by atoms with Crippen molar-refractivity contribution in [2.45, 2.75) is 26.9 Å². The quantitative estimate of drug-likeness (QED) is 0.605. The van der Waals surface area contributed by atoms with Crippen LogP contribution < -0.4 is 9.47 Å². The Morgan fingerprint density at radius 2 is 1.89 bits per heavy atom. The standard InChI is InChI=1S/C21H19ClO5/c1-12-5-16-15(11-26-18(16)6-13(12)2)9-20(23)27-10-14-7-17(22)21-19(8-14)24-3-4-25-21/h5-8,11H,3-4,9-10H2,1-2H3. The van der Waals surface area contributed by atoms with Gasteiger partial charge < -0.3 is 18.6 Å². The summed E-state index contributed by atoms with van der Waals surface area (Å²) in [6.07, 6.45) is 1.76. The molecule has 1 aliphatic rings. The van der Waals surface area contributed by atoms with Crippen molar-refractivity contribution in [1.82, 2.24) is 0 Å². The maximum absolute atomic E-state index is 12.3. The maximum atomic E-state index is 12.3. The number of rotatable bonds is 4. The second-order valence-corrected chi connectivity index (χ2v) is 7.04. The van der Waals surface area contributed by atoms with E-state index in [1.165, 1.54) is 0 Å². The van der Waals surface area contributed by atoms with Gasteiger partial charge in [0.1, 0.15) is 25.4 Å². The van der Waals surface area contributed by atoms with Gasteiger partial charge in [-0.2, -0.15) is 0 Å². The minimum atomic E-state index is -0.332. The Morgan fingerprint density at radius 1 is 1.11 bits per heavy atom. The molecule has 1 aromatic heterocycles. The number of fused-ring (bicyclic) bond motifs is 2. The first kappa shape index (κ1) is 17.7. The van der Waals surface area contributed by atoms with Crippen molar-refractivity contribution in [2.24, 2.45) is 0 Å². The molecular weight excluding hydrogens is 368 g/mol. The van der Waals surface area contributed by atoms with Gasteiger partial charge in [0.2, 0.25) is 0 Å². The third-order valence-corrected chi connectivity index (χ3v) is 4.94. The van der Waals surface area contributed by atoms with Crippen molar-refractivity contribution < 1.29 is 23.4 Å². The van der Waals surface area contributed by atoms with E-state index in [0.29, 0.717) is 29.7 Å². The molecule has 5 nitrogen and oxygen atoms in total. The van der Waals surface area contributed by atoms with Crippen molar-refractivity contribution in [3.8, 4) is 11.5 Å². The second-order valence-electron chi connectivity index (χ2n) is 6.63. The van der Waals surface area contributed by atoms with Crippen LogP contribution >= 0.6 is 11.6 Å². The number of carbonyl (C=O) groups is 1. The molecular formula is C21H19ClO5. The first-order chi connectivity index (χ1) is 13.0. The number of aryl methyl sites for hydroxylation is 2. The summed E-state index contributed by atoms with van der Waals surface area (Å²) >= 11 is 6.21. The fourth-order valence-electron chi connectivity index (χ4n) is 3.09. The average molecular weight is 387 g/mol. The molecule has 0 unspecified atom stereocenters. The van der Waals surface area contributed by atoms with Crippen LogP contribution in [0.4, 0.5) is 0 Å². The summed E-state index contributed by atoms with van der Waals surface area (Å²) in [5.74, 6) is 0.780. The molecule has 0 saturated carbocycles. The molecule has 0 saturated heterocycles. The largest absolute Gasteiger partial charge is 0.486 e. The van der Waals surface area contributed by atoms with Gasteiger partial charge in [-0.05, 0) is 54.8 Å². The maximum Gasteiger partial charge on any atom is 0.310 e. The highest BCUT2D eigenvalue weighted by Crippen LogP contribution is 2.38. The summed E-state index contributed by atoms with van der Waals surface area (Å²) in [6.45, 7) is 5.13. The van der Waals surface area contributed by atoms with Crippen LogP contribution in [0.1, 0.15) is 22.3 Å². The lowest BCUT2D eigenvalue weighted by atomic mass is 10.0. The molecule has 1 aliphatic heterocycles. The Hall–Kier alpha value is -2.66. The molecule has 2 heterocycles. The Morgan fingerprint density at radius 3 is 2.74 bits per heavy atom. The third-order valence-electron chi connectivity index (χ3n) is 4.66. The zero-order chi connectivity index (χ0) is 19.0. The molecule has 0 atom stereocenters. The van der Waals surface area contributed by atoms with Gasteiger partial charge in [0.25, 0.3) is 0 Å². The van der Waals surface area contributed by atoms with Gasteiger partial charge in [0.15, 0.2) is 11.5 Å². The number of esters is 1. The fourth-order valence-corrected chi connectivity index (χ4v) is 3.38. The molecule has 0 radical (unpaired) electrons. The summed E-state index contributed by atoms with van der Waals surface area (Å²) in [6, 6.07) is 7.53. The molecule has 0 fully saturated rings. The van der Waals surface area contributed by atoms with E-state index in [4.69, 9.17) is 30.2 Å². The molecule has 6 heteroatoms. The smallest absolute Gasteiger partial charge is 0.310 e. The number of hydrogen-bond acceptors (Lipinski definition) is 5. The number of ether oxygens (including phenoxy) is 3. The first-order valence-corrected chi connectivity index (χ1v) is 9.10. The van der Waals surface area contributed by atoms with E-state index in [9.17, 15) is 4.79 Å². The molecule has 3 aromatic rings. The summed E-state index contributed by atoms with van der Waals surface area (Å²) in [7, 11) is 0. The highest BCUT2D eigenvalue weighted by Gasteiger charge is 2.18. The van der Waals surface area contributed by atoms with Gasteiger partial charge in [0, 0.05) is 10.9 Å². The number of carbonyl (C=O) groups excluding carboxylic acids is 1. The van der Waals surface area contributed by atoms with Crippen LogP contribution in [-0.2, 0) is 22.6 Å². The Kier molecular flexibility index (Phi) is 4.70. The Bertz CT molecular complexity index is 1020. The molecule has 0 bridgehead atoms. The van der Waals surface area contributed by atoms with Gasteiger partial charge in [0.05, 0.1) is 17.7 Å². The summed E-state index contributed by atoms with van der Waals surface area (Å²) in [5.41, 5.74) is 4.66. The molecule has 140 valence electrons. The Labute approximate surface area is 161 Å². The van der Waals surface area contributed by atoms with Crippen molar-refractivity contribution >= 4 is 28.5 Å². The van der Waals surface area contributed by atoms with Crippen LogP contribution in [0.3, 0.4) is 0 Å². The highest BCUT2D eigenvalue weighted by molar-refractivity contribution is 6.32. The number of halogens is 1. The minimum Gasteiger partial charge on any atom is -0.486 e. The van der Waals surface area contributed by atoms with Crippen molar-refractivity contribution in [3.05, 3.63) is 57.8 Å². The van der Waals surface area contributed by atoms with E-state index >= 15 is 0 Å². The van der Waals surface area contributed by atoms with Crippen LogP contribution in [0, 0.1) is 13.8 Å².